The van der Waals surface area contributed by atoms with Gasteiger partial charge in [-0.2, -0.15) is 0 Å². The lowest BCUT2D eigenvalue weighted by molar-refractivity contribution is -0.116. The van der Waals surface area contributed by atoms with Gasteiger partial charge in [-0.3, -0.25) is 4.79 Å². The van der Waals surface area contributed by atoms with Crippen LogP contribution in [0.3, 0.4) is 0 Å². The van der Waals surface area contributed by atoms with Crippen LogP contribution < -0.4 is 5.32 Å². The van der Waals surface area contributed by atoms with Crippen molar-refractivity contribution in [1.29, 1.82) is 0 Å². The molecule has 22 heteroatoms. The van der Waals surface area contributed by atoms with Crippen LogP contribution in [-0.2, 0) is 41.8 Å². The molecule has 0 saturated carbocycles. The maximum Gasteiger partial charge on any atom is 0.320 e. The second-order valence-electron chi connectivity index (χ2n) is 16.2. The van der Waals surface area contributed by atoms with E-state index < -0.39 is 85.4 Å². The van der Waals surface area contributed by atoms with E-state index >= 15 is 0 Å². The lowest BCUT2D eigenvalue weighted by atomic mass is 10.6. The first-order chi connectivity index (χ1) is 19.8. The molecule has 1 amide bonds. The van der Waals surface area contributed by atoms with Crippen molar-refractivity contribution in [2.24, 2.45) is 0 Å². The van der Waals surface area contributed by atoms with Gasteiger partial charge in [-0.05, 0) is 137 Å². The van der Waals surface area contributed by atoms with Gasteiger partial charge in [0.2, 0.25) is 5.91 Å². The Morgan fingerprint density at radius 2 is 0.696 bits per heavy atom. The van der Waals surface area contributed by atoms with Gasteiger partial charge in [0.15, 0.2) is 8.32 Å². The molecule has 0 fully saturated rings. The predicted molar refractivity (Wildman–Crippen MR) is 210 cm³/mol. The second kappa shape index (κ2) is 16.1. The highest BCUT2D eigenvalue weighted by Gasteiger charge is 2.50. The number of hydrogen-bond donors (Lipinski definition) is 2. The lowest BCUT2D eigenvalue weighted by Crippen LogP contribution is -2.62. The average Bonchev–Trinajstić information content (AvgIpc) is 2.61. The molecule has 0 aliphatic heterocycles. The van der Waals surface area contributed by atoms with Crippen molar-refractivity contribution in [3.8, 4) is 0 Å². The van der Waals surface area contributed by atoms with Crippen LogP contribution in [0.5, 0.6) is 0 Å². The van der Waals surface area contributed by atoms with E-state index in [-0.39, 0.29) is 5.91 Å². The Labute approximate surface area is 291 Å². The van der Waals surface area contributed by atoms with Crippen molar-refractivity contribution in [3.63, 3.8) is 0 Å². The monoisotopic (exact) mass is 825 g/mol. The van der Waals surface area contributed by atoms with Gasteiger partial charge < -0.3 is 47.1 Å². The summed E-state index contributed by atoms with van der Waals surface area (Å²) in [6.45, 7) is 43.2. The number of rotatable bonds is 21. The maximum absolute atomic E-state index is 11.7. The molecule has 0 aliphatic rings. The van der Waals surface area contributed by atoms with Crippen molar-refractivity contribution >= 4 is 91.3 Å². The van der Waals surface area contributed by atoms with Crippen LogP contribution in [0.4, 0.5) is 0 Å². The largest absolute Gasteiger partial charge is 0.435 e. The average molecular weight is 827 g/mol. The second-order valence-corrected chi connectivity index (χ2v) is 52.8. The molecule has 274 valence electrons. The van der Waals surface area contributed by atoms with Crippen LogP contribution >= 0.6 is 0 Å². The molecule has 2 N–H and O–H groups in total. The van der Waals surface area contributed by atoms with Crippen LogP contribution in [-0.4, -0.2) is 102 Å². The molecule has 0 saturated heterocycles. The zero-order chi connectivity index (χ0) is 37.1. The molecule has 0 bridgehead atoms. The molecule has 0 heterocycles. The summed E-state index contributed by atoms with van der Waals surface area (Å²) in [7, 11) is -26.4. The number of amides is 1. The number of carbonyl (C=O) groups excluding carboxylic acids is 1. The Balaban J connectivity index is 5.47. The van der Waals surface area contributed by atoms with Gasteiger partial charge in [0.05, 0.1) is 0 Å². The minimum atomic E-state index is -2.75. The third-order valence-corrected chi connectivity index (χ3v) is 42.0. The van der Waals surface area contributed by atoms with Gasteiger partial charge >= 0.3 is 77.0 Å². The van der Waals surface area contributed by atoms with Crippen LogP contribution in [0.15, 0.2) is 12.7 Å². The van der Waals surface area contributed by atoms with Gasteiger partial charge in [-0.15, -0.1) is 0 Å². The lowest BCUT2D eigenvalue weighted by Gasteiger charge is -2.44. The Kier molecular flexibility index (Phi) is 16.5. The first-order valence-electron chi connectivity index (χ1n) is 15.8. The van der Waals surface area contributed by atoms with Gasteiger partial charge in [0.25, 0.3) is 0 Å². The first kappa shape index (κ1) is 47.0. The molecule has 0 unspecified atom stereocenters. The minimum absolute atomic E-state index is 0.211. The fraction of sp³-hybridized carbons (Fsp3) is 0.875. The van der Waals surface area contributed by atoms with E-state index in [1.54, 1.807) is 13.1 Å². The molecule has 0 aromatic heterocycles. The van der Waals surface area contributed by atoms with Crippen LogP contribution in [0, 0.1) is 0 Å². The summed E-state index contributed by atoms with van der Waals surface area (Å²) in [6.07, 6.45) is 1.73. The highest BCUT2D eigenvalue weighted by molar-refractivity contribution is 6.93. The Morgan fingerprint density at radius 1 is 0.478 bits per heavy atom. The maximum atomic E-state index is 11.7. The van der Waals surface area contributed by atoms with Gasteiger partial charge in [0.1, 0.15) is 0 Å². The van der Waals surface area contributed by atoms with Crippen LogP contribution in [0.2, 0.25) is 131 Å². The van der Waals surface area contributed by atoms with Crippen LogP contribution in [0.25, 0.3) is 0 Å². The summed E-state index contributed by atoms with van der Waals surface area (Å²) in [6, 6.07) is 0. The molecule has 46 heavy (non-hydrogen) atoms. The predicted octanol–water partition coefficient (Wildman–Crippen LogP) is 6.49. The first-order valence-corrected chi connectivity index (χ1v) is 44.3. The van der Waals surface area contributed by atoms with Crippen molar-refractivity contribution in [1.82, 2.24) is 5.32 Å². The molecule has 0 aromatic carbocycles. The van der Waals surface area contributed by atoms with Crippen molar-refractivity contribution in [3.05, 3.63) is 12.7 Å². The number of hydrogen-bond acceptors (Lipinski definition) is 11. The van der Waals surface area contributed by atoms with E-state index in [4.69, 9.17) is 37.0 Å². The number of nitrogens with one attached hydrogen (secondary N) is 1. The van der Waals surface area contributed by atoms with E-state index in [0.717, 1.165) is 0 Å². The van der Waals surface area contributed by atoms with E-state index in [2.05, 4.69) is 25.0 Å². The van der Waals surface area contributed by atoms with Crippen LogP contribution in [0.1, 0.15) is 0 Å². The molecular formula is C24H67NO11Si10. The standard InChI is InChI=1S/C24H67NO11Si10/c1-22-24(26)25-23-37(2,3)28-39(6,7)30-41(10,11)32-43(14,15)34-45(18,19)36-46(20,21)35-44(16,17)33-42(12,13)31-40(8,9)29-38(4,5)27/h22,27H,1,23H2,2-21H3,(H,25,26). The smallest absolute Gasteiger partial charge is 0.320 e. The van der Waals surface area contributed by atoms with E-state index in [0.29, 0.717) is 6.17 Å². The fourth-order valence-corrected chi connectivity index (χ4v) is 54.5. The zero-order valence-electron chi connectivity index (χ0n) is 32.5. The summed E-state index contributed by atoms with van der Waals surface area (Å²) < 4.78 is 59.0. The van der Waals surface area contributed by atoms with Crippen molar-refractivity contribution in [2.75, 3.05) is 6.17 Å². The number of carbonyl (C=O) groups is 1. The zero-order valence-corrected chi connectivity index (χ0v) is 42.5. The summed E-state index contributed by atoms with van der Waals surface area (Å²) in [5.41, 5.74) is 0. The van der Waals surface area contributed by atoms with E-state index in [1.807, 2.05) is 105 Å². The summed E-state index contributed by atoms with van der Waals surface area (Å²) >= 11 is 0. The third-order valence-electron chi connectivity index (χ3n) is 5.33. The van der Waals surface area contributed by atoms with E-state index in [9.17, 15) is 9.59 Å². The van der Waals surface area contributed by atoms with Gasteiger partial charge in [-0.1, -0.05) is 6.58 Å². The highest BCUT2D eigenvalue weighted by Crippen LogP contribution is 2.30. The molecule has 0 atom stereocenters. The molecule has 0 rings (SSSR count). The third kappa shape index (κ3) is 21.9. The molecule has 12 nitrogen and oxygen atoms in total. The quantitative estimate of drug-likeness (QED) is 0.0973. The van der Waals surface area contributed by atoms with E-state index in [1.165, 1.54) is 6.08 Å². The summed E-state index contributed by atoms with van der Waals surface area (Å²) in [4.78, 5) is 22.0. The molecule has 0 aromatic rings. The molecule has 0 aliphatic carbocycles. The van der Waals surface area contributed by atoms with Crippen molar-refractivity contribution in [2.45, 2.75) is 131 Å². The SMILES string of the molecule is C=CC(=O)NC[Si](C)(C)O[Si](C)(C)O[Si](C)(C)O[Si](C)(C)O[Si](C)(C)O[Si](C)(C)O[Si](C)(C)O[Si](C)(C)O[Si](C)(C)O[Si](C)(C)O. The molecule has 0 spiro atoms. The van der Waals surface area contributed by atoms with Gasteiger partial charge in [0, 0.05) is 6.17 Å². The minimum Gasteiger partial charge on any atom is -0.435 e. The van der Waals surface area contributed by atoms with Crippen molar-refractivity contribution < 1.29 is 46.6 Å². The topological polar surface area (TPSA) is 132 Å². The Morgan fingerprint density at radius 3 is 0.913 bits per heavy atom. The fourth-order valence-electron chi connectivity index (χ4n) is 5.99. The summed E-state index contributed by atoms with van der Waals surface area (Å²) in [5, 5.41) is 2.86. The molecule has 0 radical (unpaired) electrons. The Bertz CT molecular complexity index is 1030. The summed E-state index contributed by atoms with van der Waals surface area (Å²) in [5.74, 6) is -0.211. The molecular weight excluding hydrogens is 759 g/mol. The normalized spacial score (nSPS) is 15.2. The Hall–Kier alpha value is 0.979. The highest BCUT2D eigenvalue weighted by atomic mass is 28.5. The van der Waals surface area contributed by atoms with Gasteiger partial charge in [-0.25, -0.2) is 0 Å².